The van der Waals surface area contributed by atoms with E-state index in [2.05, 4.69) is 16.9 Å². The van der Waals surface area contributed by atoms with E-state index < -0.39 is 5.82 Å². The Hall–Kier alpha value is -4.93. The van der Waals surface area contributed by atoms with Crippen LogP contribution in [0.2, 0.25) is 5.02 Å². The van der Waals surface area contributed by atoms with Crippen LogP contribution in [0.1, 0.15) is 10.4 Å². The molecule has 0 aliphatic rings. The SMILES string of the molecule is C=CCn1c(=N)c(-c2nc(-c3ccc(F)cc3)c(NC(=O)c3ccc(Cl)cc3)s2)cc2c(=O)n3ccccc3nc21. The molecule has 0 fully saturated rings. The summed E-state index contributed by atoms with van der Waals surface area (Å²) in [4.78, 5) is 36.0. The van der Waals surface area contributed by atoms with Gasteiger partial charge in [0.05, 0.1) is 10.9 Å². The number of pyridine rings is 2. The molecule has 2 N–H and O–H groups in total. The smallest absolute Gasteiger partial charge is 0.267 e. The van der Waals surface area contributed by atoms with E-state index in [-0.39, 0.29) is 23.5 Å². The molecular formula is C30H20ClFN6O2S. The third kappa shape index (κ3) is 4.83. The van der Waals surface area contributed by atoms with Crippen LogP contribution < -0.4 is 16.4 Å². The van der Waals surface area contributed by atoms with E-state index in [9.17, 15) is 14.0 Å². The van der Waals surface area contributed by atoms with Crippen molar-refractivity contribution >= 4 is 50.5 Å². The van der Waals surface area contributed by atoms with Crippen molar-refractivity contribution in [3.63, 3.8) is 0 Å². The lowest BCUT2D eigenvalue weighted by Gasteiger charge is -2.12. The first-order chi connectivity index (χ1) is 19.8. The number of nitrogens with zero attached hydrogens (tertiary/aromatic N) is 4. The summed E-state index contributed by atoms with van der Waals surface area (Å²) in [7, 11) is 0. The van der Waals surface area contributed by atoms with Crippen LogP contribution >= 0.6 is 22.9 Å². The second kappa shape index (κ2) is 10.6. The zero-order valence-corrected chi connectivity index (χ0v) is 22.8. The van der Waals surface area contributed by atoms with Gasteiger partial charge in [0.25, 0.3) is 11.5 Å². The Labute approximate surface area is 241 Å². The van der Waals surface area contributed by atoms with Gasteiger partial charge in [-0.3, -0.25) is 19.4 Å². The summed E-state index contributed by atoms with van der Waals surface area (Å²) in [6.07, 6.45) is 3.26. The Morgan fingerprint density at radius 3 is 2.59 bits per heavy atom. The van der Waals surface area contributed by atoms with E-state index in [0.717, 1.165) is 11.3 Å². The number of fused-ring (bicyclic) bond motifs is 2. The fraction of sp³-hybridized carbons (Fsp3) is 0.0333. The maximum Gasteiger partial charge on any atom is 0.267 e. The van der Waals surface area contributed by atoms with Crippen LogP contribution in [0.4, 0.5) is 9.39 Å². The van der Waals surface area contributed by atoms with Crippen LogP contribution in [0, 0.1) is 11.2 Å². The van der Waals surface area contributed by atoms with Crippen molar-refractivity contribution in [1.29, 1.82) is 5.41 Å². The van der Waals surface area contributed by atoms with E-state index in [1.54, 1.807) is 77.5 Å². The molecule has 0 bridgehead atoms. The topological polar surface area (TPSA) is 105 Å². The normalized spacial score (nSPS) is 11.2. The predicted molar refractivity (Wildman–Crippen MR) is 159 cm³/mol. The Kier molecular flexibility index (Phi) is 6.78. The van der Waals surface area contributed by atoms with Gasteiger partial charge in [-0.05, 0) is 66.7 Å². The van der Waals surface area contributed by atoms with Crippen molar-refractivity contribution in [3.05, 3.63) is 124 Å². The maximum atomic E-state index is 13.7. The molecular weight excluding hydrogens is 563 g/mol. The van der Waals surface area contributed by atoms with Crippen LogP contribution in [0.25, 0.3) is 38.5 Å². The highest BCUT2D eigenvalue weighted by molar-refractivity contribution is 7.19. The first-order valence-corrected chi connectivity index (χ1v) is 13.6. The molecule has 4 heterocycles. The number of thiazole rings is 1. The molecule has 8 nitrogen and oxygen atoms in total. The monoisotopic (exact) mass is 582 g/mol. The molecule has 0 saturated heterocycles. The maximum absolute atomic E-state index is 13.7. The average Bonchev–Trinajstić information content (AvgIpc) is 3.38. The summed E-state index contributed by atoms with van der Waals surface area (Å²) in [6, 6.07) is 19.0. The first-order valence-electron chi connectivity index (χ1n) is 12.4. The van der Waals surface area contributed by atoms with Gasteiger partial charge < -0.3 is 9.88 Å². The highest BCUT2D eigenvalue weighted by Gasteiger charge is 2.21. The standard InChI is InChI=1S/C30H20ClFN6O2S/c1-2-14-38-25(33)21(16-22-26(38)34-23-5-3-4-15-37(23)30(22)40)28-35-24(17-8-12-20(32)13-9-17)29(41-28)36-27(39)18-6-10-19(31)11-7-18/h2-13,15-16,33H,1,14H2,(H,36,39). The molecule has 0 saturated carbocycles. The fourth-order valence-electron chi connectivity index (χ4n) is 4.46. The van der Waals surface area contributed by atoms with Gasteiger partial charge in [-0.2, -0.15) is 0 Å². The van der Waals surface area contributed by atoms with Gasteiger partial charge >= 0.3 is 0 Å². The molecule has 6 rings (SSSR count). The zero-order chi connectivity index (χ0) is 28.7. The Morgan fingerprint density at radius 2 is 1.85 bits per heavy atom. The number of amides is 1. The highest BCUT2D eigenvalue weighted by Crippen LogP contribution is 2.38. The summed E-state index contributed by atoms with van der Waals surface area (Å²) >= 11 is 7.12. The largest absolute Gasteiger partial charge is 0.312 e. The molecule has 0 spiro atoms. The quantitative estimate of drug-likeness (QED) is 0.181. The molecule has 2 aromatic carbocycles. The van der Waals surface area contributed by atoms with Crippen LogP contribution in [-0.2, 0) is 6.54 Å². The molecule has 0 aliphatic carbocycles. The lowest BCUT2D eigenvalue weighted by molar-refractivity contribution is 0.102. The molecule has 1 amide bonds. The highest BCUT2D eigenvalue weighted by atomic mass is 35.5. The Bertz CT molecular complexity index is 2100. The van der Waals surface area contributed by atoms with Gasteiger partial charge in [-0.15, -0.1) is 6.58 Å². The Balaban J connectivity index is 1.56. The third-order valence-corrected chi connectivity index (χ3v) is 7.69. The fourth-order valence-corrected chi connectivity index (χ4v) is 5.58. The molecule has 0 radical (unpaired) electrons. The molecule has 0 aliphatic heterocycles. The number of nitrogens with one attached hydrogen (secondary N) is 2. The average molecular weight is 583 g/mol. The second-order valence-electron chi connectivity index (χ2n) is 9.05. The lowest BCUT2D eigenvalue weighted by atomic mass is 10.1. The number of benzene rings is 2. The molecule has 202 valence electrons. The first kappa shape index (κ1) is 26.3. The summed E-state index contributed by atoms with van der Waals surface area (Å²) in [5, 5.41) is 13.5. The minimum absolute atomic E-state index is 0.0690. The molecule has 11 heteroatoms. The summed E-state index contributed by atoms with van der Waals surface area (Å²) < 4.78 is 16.8. The van der Waals surface area contributed by atoms with E-state index in [4.69, 9.17) is 22.0 Å². The van der Waals surface area contributed by atoms with Crippen LogP contribution in [0.15, 0.2) is 96.4 Å². The minimum Gasteiger partial charge on any atom is -0.312 e. The number of carbonyl (C=O) groups is 1. The summed E-state index contributed by atoms with van der Waals surface area (Å²) in [6.45, 7) is 4.04. The van der Waals surface area contributed by atoms with Crippen molar-refractivity contribution in [2.75, 3.05) is 5.32 Å². The number of allylic oxidation sites excluding steroid dienone is 1. The van der Waals surface area contributed by atoms with Gasteiger partial charge in [-0.1, -0.05) is 35.1 Å². The summed E-state index contributed by atoms with van der Waals surface area (Å²) in [5.74, 6) is -0.801. The third-order valence-electron chi connectivity index (χ3n) is 6.44. The number of anilines is 1. The van der Waals surface area contributed by atoms with Crippen molar-refractivity contribution in [2.45, 2.75) is 6.54 Å². The van der Waals surface area contributed by atoms with E-state index in [0.29, 0.717) is 54.1 Å². The van der Waals surface area contributed by atoms with E-state index in [1.165, 1.54) is 16.5 Å². The van der Waals surface area contributed by atoms with Crippen molar-refractivity contribution in [3.8, 4) is 21.8 Å². The number of hydrogen-bond donors (Lipinski definition) is 2. The van der Waals surface area contributed by atoms with Crippen molar-refractivity contribution in [2.24, 2.45) is 0 Å². The number of hydrogen-bond acceptors (Lipinski definition) is 6. The number of rotatable bonds is 6. The van der Waals surface area contributed by atoms with Gasteiger partial charge in [0.15, 0.2) is 0 Å². The van der Waals surface area contributed by atoms with Crippen LogP contribution in [0.3, 0.4) is 0 Å². The zero-order valence-electron chi connectivity index (χ0n) is 21.3. The van der Waals surface area contributed by atoms with Crippen LogP contribution in [-0.4, -0.2) is 24.8 Å². The lowest BCUT2D eigenvalue weighted by Crippen LogP contribution is -2.26. The summed E-state index contributed by atoms with van der Waals surface area (Å²) in [5.41, 5.74) is 2.30. The predicted octanol–water partition coefficient (Wildman–Crippen LogP) is 6.15. The van der Waals surface area contributed by atoms with Crippen molar-refractivity contribution in [1.82, 2.24) is 18.9 Å². The van der Waals surface area contributed by atoms with Gasteiger partial charge in [0, 0.05) is 28.9 Å². The minimum atomic E-state index is -0.412. The van der Waals surface area contributed by atoms with Crippen LogP contribution in [0.5, 0.6) is 0 Å². The Morgan fingerprint density at radius 1 is 1.10 bits per heavy atom. The van der Waals surface area contributed by atoms with Crippen molar-refractivity contribution < 1.29 is 9.18 Å². The van der Waals surface area contributed by atoms with E-state index in [1.807, 2.05) is 0 Å². The number of halogens is 2. The molecule has 41 heavy (non-hydrogen) atoms. The second-order valence-corrected chi connectivity index (χ2v) is 10.5. The number of aromatic nitrogens is 4. The van der Waals surface area contributed by atoms with Gasteiger partial charge in [0.2, 0.25) is 0 Å². The molecule has 0 atom stereocenters. The molecule has 0 unspecified atom stereocenters. The van der Waals surface area contributed by atoms with E-state index >= 15 is 0 Å². The van der Waals surface area contributed by atoms with Gasteiger partial charge in [0.1, 0.15) is 38.3 Å². The molecule has 6 aromatic rings. The van der Waals surface area contributed by atoms with Gasteiger partial charge in [-0.25, -0.2) is 14.4 Å². The molecule has 4 aromatic heterocycles. The number of carbonyl (C=O) groups excluding carboxylic acids is 1.